The van der Waals surface area contributed by atoms with Gasteiger partial charge >= 0.3 is 7.67 Å². The molecular formula is C18H21N2O2P. The third-order valence-electron chi connectivity index (χ3n) is 3.83. The van der Waals surface area contributed by atoms with Crippen LogP contribution in [-0.4, -0.2) is 20.2 Å². The summed E-state index contributed by atoms with van der Waals surface area (Å²) in [4.78, 5) is 0. The van der Waals surface area contributed by atoms with E-state index in [9.17, 15) is 4.57 Å². The van der Waals surface area contributed by atoms with Gasteiger partial charge in [0, 0.05) is 19.3 Å². The van der Waals surface area contributed by atoms with Gasteiger partial charge in [-0.1, -0.05) is 54.6 Å². The maximum absolute atomic E-state index is 12.7. The number of hydrogen-bond acceptors (Lipinski definition) is 2. The summed E-state index contributed by atoms with van der Waals surface area (Å²) in [5, 5.41) is 3.00. The number of nitrogens with zero attached hydrogens (tertiary/aromatic N) is 1. The highest BCUT2D eigenvalue weighted by Gasteiger charge is 2.31. The van der Waals surface area contributed by atoms with Crippen molar-refractivity contribution in [3.63, 3.8) is 0 Å². The molecule has 0 saturated carbocycles. The van der Waals surface area contributed by atoms with Crippen LogP contribution in [0.1, 0.15) is 17.5 Å². The molecular weight excluding hydrogens is 307 g/mol. The molecule has 0 aromatic heterocycles. The second-order valence-electron chi connectivity index (χ2n) is 5.47. The number of benzene rings is 2. The summed E-state index contributed by atoms with van der Waals surface area (Å²) in [6.07, 6.45) is 5.03. The second kappa shape index (κ2) is 7.14. The highest BCUT2D eigenvalue weighted by Crippen LogP contribution is 2.49. The van der Waals surface area contributed by atoms with E-state index in [1.54, 1.807) is 11.7 Å². The van der Waals surface area contributed by atoms with Gasteiger partial charge in [0.2, 0.25) is 0 Å². The Morgan fingerprint density at radius 1 is 1.04 bits per heavy atom. The molecule has 1 unspecified atom stereocenters. The molecule has 1 fully saturated rings. The van der Waals surface area contributed by atoms with Crippen molar-refractivity contribution in [2.75, 3.05) is 24.9 Å². The molecule has 4 nitrogen and oxygen atoms in total. The maximum Gasteiger partial charge on any atom is 0.368 e. The van der Waals surface area contributed by atoms with E-state index in [-0.39, 0.29) is 0 Å². The molecule has 0 aliphatic carbocycles. The van der Waals surface area contributed by atoms with Gasteiger partial charge in [0.1, 0.15) is 0 Å². The van der Waals surface area contributed by atoms with Crippen LogP contribution in [0.3, 0.4) is 0 Å². The lowest BCUT2D eigenvalue weighted by Gasteiger charge is -2.32. The topological polar surface area (TPSA) is 41.6 Å². The lowest BCUT2D eigenvalue weighted by Crippen LogP contribution is -2.31. The minimum absolute atomic E-state index is 0.534. The van der Waals surface area contributed by atoms with Crippen molar-refractivity contribution in [3.05, 3.63) is 65.7 Å². The van der Waals surface area contributed by atoms with E-state index >= 15 is 0 Å². The molecule has 1 aliphatic rings. The highest BCUT2D eigenvalue weighted by atomic mass is 31.2. The second-order valence-corrected chi connectivity index (χ2v) is 7.69. The van der Waals surface area contributed by atoms with Crippen molar-refractivity contribution < 1.29 is 9.09 Å². The summed E-state index contributed by atoms with van der Waals surface area (Å²) in [6.45, 7) is 1.26. The molecule has 120 valence electrons. The number of rotatable bonds is 4. The first kappa shape index (κ1) is 16.0. The third-order valence-corrected chi connectivity index (χ3v) is 6.01. The van der Waals surface area contributed by atoms with E-state index in [4.69, 9.17) is 4.52 Å². The van der Waals surface area contributed by atoms with Gasteiger partial charge in [0.25, 0.3) is 0 Å². The molecule has 1 saturated heterocycles. The first-order valence-corrected chi connectivity index (χ1v) is 9.32. The van der Waals surface area contributed by atoms with Crippen LogP contribution in [0.15, 0.2) is 54.6 Å². The van der Waals surface area contributed by atoms with E-state index in [0.717, 1.165) is 29.8 Å². The largest absolute Gasteiger partial charge is 0.368 e. The number of hydrogen-bond donors (Lipinski definition) is 1. The predicted octanol–water partition coefficient (Wildman–Crippen LogP) is 4.41. The molecule has 0 bridgehead atoms. The van der Waals surface area contributed by atoms with E-state index in [1.165, 1.54) is 0 Å². The minimum atomic E-state index is -2.94. The van der Waals surface area contributed by atoms with Gasteiger partial charge in [-0.25, -0.2) is 9.65 Å². The first-order chi connectivity index (χ1) is 11.2. The van der Waals surface area contributed by atoms with Gasteiger partial charge in [-0.05, 0) is 29.7 Å². The zero-order chi connectivity index (χ0) is 16.1. The first-order valence-electron chi connectivity index (χ1n) is 7.74. The molecule has 0 amide bonds. The van der Waals surface area contributed by atoms with E-state index in [0.29, 0.717) is 6.61 Å². The van der Waals surface area contributed by atoms with Crippen LogP contribution < -0.4 is 9.76 Å². The Kier molecular flexibility index (Phi) is 4.97. The maximum atomic E-state index is 12.7. The van der Waals surface area contributed by atoms with Crippen molar-refractivity contribution in [3.8, 4) is 0 Å². The molecule has 1 atom stereocenters. The lowest BCUT2D eigenvalue weighted by atomic mass is 10.1. The molecule has 3 rings (SSSR count). The molecule has 5 heteroatoms. The van der Waals surface area contributed by atoms with Crippen molar-refractivity contribution in [1.82, 2.24) is 5.09 Å². The fourth-order valence-corrected chi connectivity index (χ4v) is 4.16. The Hall–Kier alpha value is -1.87. The van der Waals surface area contributed by atoms with Crippen molar-refractivity contribution in [2.45, 2.75) is 6.42 Å². The van der Waals surface area contributed by atoms with Gasteiger partial charge in [-0.15, -0.1) is 0 Å². The summed E-state index contributed by atoms with van der Waals surface area (Å²) >= 11 is 0. The Morgan fingerprint density at radius 3 is 2.30 bits per heavy atom. The smallest absolute Gasteiger partial charge is 0.302 e. The quantitative estimate of drug-likeness (QED) is 0.667. The molecule has 1 N–H and O–H groups in total. The Morgan fingerprint density at radius 2 is 1.70 bits per heavy atom. The highest BCUT2D eigenvalue weighted by molar-refractivity contribution is 7.58. The van der Waals surface area contributed by atoms with Gasteiger partial charge in [0.15, 0.2) is 0 Å². The van der Waals surface area contributed by atoms with Crippen LogP contribution in [-0.2, 0) is 9.09 Å². The Labute approximate surface area is 137 Å². The van der Waals surface area contributed by atoms with E-state index < -0.39 is 7.67 Å². The van der Waals surface area contributed by atoms with Crippen LogP contribution in [0.25, 0.3) is 12.2 Å². The average Bonchev–Trinajstić information content (AvgIpc) is 2.61. The number of anilines is 1. The summed E-state index contributed by atoms with van der Waals surface area (Å²) in [7, 11) is -1.14. The van der Waals surface area contributed by atoms with E-state index in [1.807, 2.05) is 42.5 Å². The van der Waals surface area contributed by atoms with Crippen LogP contribution in [0.5, 0.6) is 0 Å². The summed E-state index contributed by atoms with van der Waals surface area (Å²) in [5.74, 6) is 0. The van der Waals surface area contributed by atoms with Crippen molar-refractivity contribution in [2.24, 2.45) is 0 Å². The number of nitrogens with one attached hydrogen (secondary N) is 1. The zero-order valence-electron chi connectivity index (χ0n) is 13.2. The molecule has 1 heterocycles. The normalized spacial score (nSPS) is 21.4. The van der Waals surface area contributed by atoms with Crippen LogP contribution >= 0.6 is 7.67 Å². The van der Waals surface area contributed by atoms with E-state index in [2.05, 4.69) is 29.4 Å². The molecule has 2 aromatic rings. The van der Waals surface area contributed by atoms with Gasteiger partial charge in [-0.3, -0.25) is 4.67 Å². The van der Waals surface area contributed by atoms with Crippen LogP contribution in [0.2, 0.25) is 0 Å². The van der Waals surface area contributed by atoms with Crippen LogP contribution in [0.4, 0.5) is 5.69 Å². The monoisotopic (exact) mass is 328 g/mol. The molecule has 2 aromatic carbocycles. The lowest BCUT2D eigenvalue weighted by molar-refractivity contribution is 0.276. The van der Waals surface area contributed by atoms with Crippen molar-refractivity contribution in [1.29, 1.82) is 0 Å². The predicted molar refractivity (Wildman–Crippen MR) is 96.4 cm³/mol. The molecule has 23 heavy (non-hydrogen) atoms. The zero-order valence-corrected chi connectivity index (χ0v) is 14.1. The minimum Gasteiger partial charge on any atom is -0.302 e. The SMILES string of the molecule is CN(c1ccc(/C=C/c2ccccc2)cc1)P1(=O)NCCCO1. The fourth-order valence-electron chi connectivity index (χ4n) is 2.43. The van der Waals surface area contributed by atoms with Gasteiger partial charge in [0.05, 0.1) is 6.61 Å². The van der Waals surface area contributed by atoms with Crippen molar-refractivity contribution >= 4 is 25.5 Å². The Balaban J connectivity index is 1.72. The molecule has 0 radical (unpaired) electrons. The molecule has 1 aliphatic heterocycles. The average molecular weight is 328 g/mol. The summed E-state index contributed by atoms with van der Waals surface area (Å²) < 4.78 is 19.9. The summed E-state index contributed by atoms with van der Waals surface area (Å²) in [5.41, 5.74) is 3.14. The van der Waals surface area contributed by atoms with Gasteiger partial charge < -0.3 is 4.52 Å². The van der Waals surface area contributed by atoms with Gasteiger partial charge in [-0.2, -0.15) is 0 Å². The molecule has 0 spiro atoms. The summed E-state index contributed by atoms with van der Waals surface area (Å²) in [6, 6.07) is 18.1. The van der Waals surface area contributed by atoms with Crippen LogP contribution in [0, 0.1) is 0 Å². The standard InChI is InChI=1S/C18H21N2O2P/c1-20(23(21)19-14-5-15-22-23)18-12-10-17(11-13-18)9-8-16-6-3-2-4-7-16/h2-4,6-13H,5,14-15H2,1H3,(H,19,21)/b9-8+. The fraction of sp³-hybridized carbons (Fsp3) is 0.222. The Bertz CT molecular complexity index is 704. The third kappa shape index (κ3) is 3.91.